The highest BCUT2D eigenvalue weighted by Crippen LogP contribution is 2.16. The summed E-state index contributed by atoms with van der Waals surface area (Å²) in [5, 5.41) is 4.73. The number of ether oxygens (including phenoxy) is 1. The van der Waals surface area contributed by atoms with E-state index in [1.807, 2.05) is 31.2 Å². The van der Waals surface area contributed by atoms with Gasteiger partial charge in [0.1, 0.15) is 11.6 Å². The zero-order chi connectivity index (χ0) is 11.5. The summed E-state index contributed by atoms with van der Waals surface area (Å²) in [6, 6.07) is 7.68. The van der Waals surface area contributed by atoms with Crippen LogP contribution in [0, 0.1) is 0 Å². The van der Waals surface area contributed by atoms with Crippen molar-refractivity contribution in [3.05, 3.63) is 30.1 Å². The number of hydrogen-bond donors (Lipinski definition) is 1. The topological polar surface area (TPSA) is 39.9 Å². The molecule has 0 N–H and O–H groups in total. The Balaban J connectivity index is 2.41. The smallest absolute Gasteiger partial charge is 0.206 e. The van der Waals surface area contributed by atoms with Crippen molar-refractivity contribution in [1.29, 1.82) is 0 Å². The van der Waals surface area contributed by atoms with Crippen LogP contribution in [0.5, 0.6) is 5.75 Å². The van der Waals surface area contributed by atoms with Gasteiger partial charge in [0.05, 0.1) is 12.8 Å². The molecule has 0 atom stereocenters. The molecule has 0 saturated carbocycles. The molecule has 1 aromatic heterocycles. The lowest BCUT2D eigenvalue weighted by Crippen LogP contribution is -2.01. The maximum atomic E-state index is 5.11. The third kappa shape index (κ3) is 2.04. The molecule has 0 aliphatic carbocycles. The average molecular weight is 235 g/mol. The van der Waals surface area contributed by atoms with Crippen LogP contribution in [0.15, 0.2) is 29.4 Å². The number of rotatable bonds is 3. The Labute approximate surface area is 99.7 Å². The lowest BCUT2D eigenvalue weighted by atomic mass is 10.3. The van der Waals surface area contributed by atoms with Gasteiger partial charge in [0, 0.05) is 6.42 Å². The molecule has 0 bridgehead atoms. The second-order valence-corrected chi connectivity index (χ2v) is 3.69. The van der Waals surface area contributed by atoms with Crippen molar-refractivity contribution in [2.45, 2.75) is 18.5 Å². The van der Waals surface area contributed by atoms with Crippen LogP contribution in [-0.4, -0.2) is 21.9 Å². The molecule has 0 saturated heterocycles. The van der Waals surface area contributed by atoms with Gasteiger partial charge in [-0.1, -0.05) is 6.92 Å². The number of benzene rings is 1. The fourth-order valence-corrected chi connectivity index (χ4v) is 1.70. The second kappa shape index (κ2) is 4.57. The van der Waals surface area contributed by atoms with E-state index in [2.05, 4.69) is 22.7 Å². The first-order valence-electron chi connectivity index (χ1n) is 5.04. The van der Waals surface area contributed by atoms with Gasteiger partial charge in [0.2, 0.25) is 5.16 Å². The third-order valence-corrected chi connectivity index (χ3v) is 2.49. The molecule has 0 unspecified atom stereocenters. The first-order valence-corrected chi connectivity index (χ1v) is 5.48. The highest BCUT2D eigenvalue weighted by Gasteiger charge is 2.07. The van der Waals surface area contributed by atoms with Crippen LogP contribution in [0.2, 0.25) is 0 Å². The molecule has 4 nitrogen and oxygen atoms in total. The molecule has 2 rings (SSSR count). The van der Waals surface area contributed by atoms with Crippen molar-refractivity contribution in [2.24, 2.45) is 0 Å². The molecule has 84 valence electrons. The number of aromatic nitrogens is 3. The van der Waals surface area contributed by atoms with Crippen LogP contribution >= 0.6 is 12.6 Å². The normalized spacial score (nSPS) is 10.4. The number of aryl methyl sites for hydroxylation is 1. The summed E-state index contributed by atoms with van der Waals surface area (Å²) in [6.45, 7) is 2.04. The van der Waals surface area contributed by atoms with Gasteiger partial charge in [-0.3, -0.25) is 0 Å². The number of methoxy groups -OCH3 is 1. The predicted octanol–water partition coefficient (Wildman–Crippen LogP) is 2.13. The SMILES string of the molecule is CCc1nc(S)nn1-c1ccc(OC)cc1. The van der Waals surface area contributed by atoms with Gasteiger partial charge in [-0.2, -0.15) is 0 Å². The lowest BCUT2D eigenvalue weighted by molar-refractivity contribution is 0.414. The van der Waals surface area contributed by atoms with Crippen LogP contribution in [0.4, 0.5) is 0 Å². The molecule has 16 heavy (non-hydrogen) atoms. The number of hydrogen-bond acceptors (Lipinski definition) is 4. The van der Waals surface area contributed by atoms with Crippen molar-refractivity contribution < 1.29 is 4.74 Å². The summed E-state index contributed by atoms with van der Waals surface area (Å²) in [7, 11) is 1.65. The second-order valence-electron chi connectivity index (χ2n) is 3.29. The molecule has 5 heteroatoms. The summed E-state index contributed by atoms with van der Waals surface area (Å²) in [4.78, 5) is 4.23. The van der Waals surface area contributed by atoms with E-state index in [-0.39, 0.29) is 0 Å². The van der Waals surface area contributed by atoms with Crippen LogP contribution in [0.1, 0.15) is 12.7 Å². The maximum Gasteiger partial charge on any atom is 0.206 e. The van der Waals surface area contributed by atoms with Crippen LogP contribution in [0.25, 0.3) is 5.69 Å². The van der Waals surface area contributed by atoms with E-state index in [4.69, 9.17) is 4.74 Å². The predicted molar refractivity (Wildman–Crippen MR) is 64.5 cm³/mol. The summed E-state index contributed by atoms with van der Waals surface area (Å²) in [5.41, 5.74) is 0.963. The van der Waals surface area contributed by atoms with Crippen molar-refractivity contribution in [3.63, 3.8) is 0 Å². The van der Waals surface area contributed by atoms with Crippen molar-refractivity contribution >= 4 is 12.6 Å². The average Bonchev–Trinajstić information content (AvgIpc) is 2.70. The first kappa shape index (κ1) is 11.0. The Kier molecular flexibility index (Phi) is 3.14. The molecule has 0 fully saturated rings. The molecule has 0 amide bonds. The maximum absolute atomic E-state index is 5.11. The van der Waals surface area contributed by atoms with E-state index >= 15 is 0 Å². The summed E-state index contributed by atoms with van der Waals surface area (Å²) < 4.78 is 6.90. The van der Waals surface area contributed by atoms with E-state index < -0.39 is 0 Å². The Morgan fingerprint density at radius 2 is 2.00 bits per heavy atom. The monoisotopic (exact) mass is 235 g/mol. The van der Waals surface area contributed by atoms with Crippen molar-refractivity contribution in [2.75, 3.05) is 7.11 Å². The standard InChI is InChI=1S/C11H13N3OS/c1-3-10-12-11(16)13-14(10)8-4-6-9(15-2)7-5-8/h4-7H,3H2,1-2H3,(H,13,16). The summed E-state index contributed by atoms with van der Waals surface area (Å²) in [5.74, 6) is 1.73. The molecule has 1 aromatic carbocycles. The van der Waals surface area contributed by atoms with Crippen molar-refractivity contribution in [1.82, 2.24) is 14.8 Å². The molecule has 2 aromatic rings. The highest BCUT2D eigenvalue weighted by atomic mass is 32.1. The first-order chi connectivity index (χ1) is 7.74. The minimum absolute atomic E-state index is 0.493. The molecule has 0 aliphatic heterocycles. The van der Waals surface area contributed by atoms with Gasteiger partial charge in [-0.15, -0.1) is 17.7 Å². The third-order valence-electron chi connectivity index (χ3n) is 2.30. The molecular formula is C11H13N3OS. The summed E-state index contributed by atoms with van der Waals surface area (Å²) in [6.07, 6.45) is 0.819. The van der Waals surface area contributed by atoms with Crippen LogP contribution in [0.3, 0.4) is 0 Å². The lowest BCUT2D eigenvalue weighted by Gasteiger charge is -2.05. The minimum atomic E-state index is 0.493. The fraction of sp³-hybridized carbons (Fsp3) is 0.273. The van der Waals surface area contributed by atoms with Gasteiger partial charge >= 0.3 is 0 Å². The Morgan fingerprint density at radius 3 is 2.56 bits per heavy atom. The van der Waals surface area contributed by atoms with Gasteiger partial charge in [-0.05, 0) is 24.3 Å². The van der Waals surface area contributed by atoms with Gasteiger partial charge < -0.3 is 4.74 Å². The zero-order valence-electron chi connectivity index (χ0n) is 9.21. The van der Waals surface area contributed by atoms with E-state index in [0.717, 1.165) is 23.7 Å². The van der Waals surface area contributed by atoms with Crippen molar-refractivity contribution in [3.8, 4) is 11.4 Å². The Morgan fingerprint density at radius 1 is 1.31 bits per heavy atom. The number of nitrogens with zero attached hydrogens (tertiary/aromatic N) is 3. The minimum Gasteiger partial charge on any atom is -0.497 e. The van der Waals surface area contributed by atoms with Crippen LogP contribution in [-0.2, 0) is 6.42 Å². The van der Waals surface area contributed by atoms with E-state index in [9.17, 15) is 0 Å². The largest absolute Gasteiger partial charge is 0.497 e. The molecule has 0 spiro atoms. The molecule has 0 aliphatic rings. The quantitative estimate of drug-likeness (QED) is 0.828. The Hall–Kier alpha value is -1.49. The van der Waals surface area contributed by atoms with Crippen LogP contribution < -0.4 is 4.74 Å². The van der Waals surface area contributed by atoms with Gasteiger partial charge in [0.25, 0.3) is 0 Å². The Bertz CT molecular complexity index is 478. The van der Waals surface area contributed by atoms with E-state index in [0.29, 0.717) is 5.16 Å². The summed E-state index contributed by atoms with van der Waals surface area (Å²) >= 11 is 4.15. The number of thiol groups is 1. The highest BCUT2D eigenvalue weighted by molar-refractivity contribution is 7.80. The van der Waals surface area contributed by atoms with Gasteiger partial charge in [-0.25, -0.2) is 9.67 Å². The fourth-order valence-electron chi connectivity index (χ4n) is 1.49. The molecule has 1 heterocycles. The molecule has 0 radical (unpaired) electrons. The van der Waals surface area contributed by atoms with Gasteiger partial charge in [0.15, 0.2) is 0 Å². The molecular weight excluding hydrogens is 222 g/mol. The van der Waals surface area contributed by atoms with E-state index in [1.165, 1.54) is 0 Å². The zero-order valence-corrected chi connectivity index (χ0v) is 10.1. The van der Waals surface area contributed by atoms with E-state index in [1.54, 1.807) is 11.8 Å².